The lowest BCUT2D eigenvalue weighted by Gasteiger charge is -2.42. The molecule has 1 aliphatic carbocycles. The van der Waals surface area contributed by atoms with E-state index in [2.05, 4.69) is 10.4 Å². The highest BCUT2D eigenvalue weighted by Crippen LogP contribution is 2.46. The number of hydrogen-bond acceptors (Lipinski definition) is 7. The Bertz CT molecular complexity index is 1270. The summed E-state index contributed by atoms with van der Waals surface area (Å²) < 4.78 is 38.0. The number of carbonyl (C=O) groups excluding carboxylic acids is 2. The lowest BCUT2D eigenvalue weighted by atomic mass is 9.77. The van der Waals surface area contributed by atoms with Crippen molar-refractivity contribution in [1.82, 2.24) is 9.78 Å². The number of ether oxygens (including phenoxy) is 2. The van der Waals surface area contributed by atoms with Crippen molar-refractivity contribution >= 4 is 29.2 Å². The molecule has 0 radical (unpaired) electrons. The Balaban J connectivity index is 1.50. The molecule has 0 saturated heterocycles. The van der Waals surface area contributed by atoms with Gasteiger partial charge in [0.15, 0.2) is 17.2 Å². The summed E-state index contributed by atoms with van der Waals surface area (Å²) in [7, 11) is 1.34. The number of alkyl halides is 2. The number of carbonyl (C=O) groups is 2. The van der Waals surface area contributed by atoms with Gasteiger partial charge in [0.25, 0.3) is 11.8 Å². The molecule has 1 saturated carbocycles. The summed E-state index contributed by atoms with van der Waals surface area (Å²) in [6, 6.07) is 10.6. The monoisotopic (exact) mass is 506 g/mol. The van der Waals surface area contributed by atoms with Gasteiger partial charge < -0.3 is 29.8 Å². The maximum Gasteiger partial charge on any atom is 0.276 e. The summed E-state index contributed by atoms with van der Waals surface area (Å²) >= 11 is 5.87. The van der Waals surface area contributed by atoms with Crippen LogP contribution in [-0.4, -0.2) is 52.0 Å². The molecular weight excluding hydrogens is 488 g/mol. The van der Waals surface area contributed by atoms with Gasteiger partial charge in [-0.2, -0.15) is 5.10 Å². The molecule has 9 nitrogen and oxygen atoms in total. The first-order valence-corrected chi connectivity index (χ1v) is 10.7. The number of aliphatic hydroxyl groups is 1. The molecule has 0 atom stereocenters. The Morgan fingerprint density at radius 1 is 1.20 bits per heavy atom. The van der Waals surface area contributed by atoms with Gasteiger partial charge in [-0.05, 0) is 36.4 Å². The van der Waals surface area contributed by atoms with E-state index in [-0.39, 0.29) is 29.5 Å². The number of carboxylic acid groups (broad SMARTS) is 1. The topological polar surface area (TPSA) is 126 Å². The fourth-order valence-electron chi connectivity index (χ4n) is 3.70. The molecule has 0 unspecified atom stereocenters. The molecule has 1 amide bonds. The van der Waals surface area contributed by atoms with E-state index in [4.69, 9.17) is 21.1 Å². The van der Waals surface area contributed by atoms with Crippen LogP contribution in [0.4, 0.5) is 14.5 Å². The van der Waals surface area contributed by atoms with Crippen LogP contribution < -0.4 is 19.9 Å². The number of carboxylic acids is 1. The Hall–Kier alpha value is -3.70. The molecule has 1 fully saturated rings. The van der Waals surface area contributed by atoms with E-state index in [0.29, 0.717) is 10.7 Å². The molecule has 1 aliphatic rings. The second-order valence-corrected chi connectivity index (χ2v) is 8.58. The standard InChI is InChI=1S/C23H20ClF2N3O6/c1-34-18-8-14(4-7-17(18)35-12-22(33)10-23(25,26)11-22)27-20(30)19-16(21(31)32)9-29(28-19)15-5-2-13(24)3-6-15/h2-9,33H,10-12H2,1H3,(H,27,30)(H,31,32)/p-1. The number of benzene rings is 2. The highest BCUT2D eigenvalue weighted by atomic mass is 35.5. The van der Waals surface area contributed by atoms with Gasteiger partial charge in [0, 0.05) is 41.4 Å². The molecule has 1 aromatic heterocycles. The van der Waals surface area contributed by atoms with E-state index in [1.807, 2.05) is 0 Å². The molecule has 0 aliphatic heterocycles. The normalized spacial score (nSPS) is 15.7. The van der Waals surface area contributed by atoms with Crippen LogP contribution in [0.3, 0.4) is 0 Å². The summed E-state index contributed by atoms with van der Waals surface area (Å²) in [5, 5.41) is 28.7. The molecule has 184 valence electrons. The Morgan fingerprint density at radius 2 is 1.89 bits per heavy atom. The second-order valence-electron chi connectivity index (χ2n) is 8.14. The lowest BCUT2D eigenvalue weighted by molar-refractivity contribution is -0.255. The van der Waals surface area contributed by atoms with E-state index >= 15 is 0 Å². The van der Waals surface area contributed by atoms with Gasteiger partial charge in [0.1, 0.15) is 12.2 Å². The fourth-order valence-corrected chi connectivity index (χ4v) is 3.82. The number of methoxy groups -OCH3 is 1. The Kier molecular flexibility index (Phi) is 6.39. The van der Waals surface area contributed by atoms with Crippen LogP contribution in [-0.2, 0) is 0 Å². The zero-order valence-corrected chi connectivity index (χ0v) is 19.0. The predicted octanol–water partition coefficient (Wildman–Crippen LogP) is 2.69. The van der Waals surface area contributed by atoms with Crippen molar-refractivity contribution in [2.45, 2.75) is 24.4 Å². The van der Waals surface area contributed by atoms with Crippen molar-refractivity contribution in [3.05, 3.63) is 64.9 Å². The molecule has 2 aromatic carbocycles. The smallest absolute Gasteiger partial charge is 0.276 e. The van der Waals surface area contributed by atoms with Crippen molar-refractivity contribution in [1.29, 1.82) is 0 Å². The molecule has 35 heavy (non-hydrogen) atoms. The summed E-state index contributed by atoms with van der Waals surface area (Å²) in [5.41, 5.74) is -1.74. The maximum absolute atomic E-state index is 13.1. The number of anilines is 1. The van der Waals surface area contributed by atoms with E-state index < -0.39 is 41.8 Å². The molecular formula is C23H19ClF2N3O6-. The first-order valence-electron chi connectivity index (χ1n) is 10.3. The van der Waals surface area contributed by atoms with Gasteiger partial charge >= 0.3 is 0 Å². The average molecular weight is 507 g/mol. The van der Waals surface area contributed by atoms with Gasteiger partial charge in [-0.25, -0.2) is 13.5 Å². The zero-order chi connectivity index (χ0) is 25.4. The fraction of sp³-hybridized carbons (Fsp3) is 0.261. The van der Waals surface area contributed by atoms with E-state index in [1.165, 1.54) is 30.0 Å². The Morgan fingerprint density at radius 3 is 2.49 bits per heavy atom. The maximum atomic E-state index is 13.1. The first-order chi connectivity index (χ1) is 16.5. The van der Waals surface area contributed by atoms with Crippen LogP contribution in [0.2, 0.25) is 5.02 Å². The minimum atomic E-state index is -2.92. The van der Waals surface area contributed by atoms with Crippen LogP contribution in [0.1, 0.15) is 33.7 Å². The van der Waals surface area contributed by atoms with Crippen molar-refractivity contribution < 1.29 is 38.1 Å². The van der Waals surface area contributed by atoms with Crippen LogP contribution in [0, 0.1) is 0 Å². The molecule has 12 heteroatoms. The number of halogens is 3. The second kappa shape index (κ2) is 9.16. The van der Waals surface area contributed by atoms with Gasteiger partial charge in [-0.15, -0.1) is 0 Å². The quantitative estimate of drug-likeness (QED) is 0.481. The van der Waals surface area contributed by atoms with Crippen molar-refractivity contribution in [2.24, 2.45) is 0 Å². The van der Waals surface area contributed by atoms with Gasteiger partial charge in [-0.1, -0.05) is 11.6 Å². The molecule has 4 rings (SSSR count). The van der Waals surface area contributed by atoms with E-state index in [9.17, 15) is 28.6 Å². The van der Waals surface area contributed by atoms with Crippen LogP contribution in [0.5, 0.6) is 11.5 Å². The summed E-state index contributed by atoms with van der Waals surface area (Å²) in [6.07, 6.45) is -0.237. The number of amides is 1. The van der Waals surface area contributed by atoms with E-state index in [1.54, 1.807) is 24.3 Å². The SMILES string of the molecule is COc1cc(NC(=O)c2nn(-c3ccc(Cl)cc3)cc2C(=O)[O-])ccc1OCC1(O)CC(F)(F)C1. The predicted molar refractivity (Wildman–Crippen MR) is 118 cm³/mol. The van der Waals surface area contributed by atoms with Crippen LogP contribution in [0.15, 0.2) is 48.7 Å². The lowest BCUT2D eigenvalue weighted by Crippen LogP contribution is -2.55. The van der Waals surface area contributed by atoms with Gasteiger partial charge in [0.05, 0.1) is 18.8 Å². The number of nitrogens with one attached hydrogen (secondary N) is 1. The van der Waals surface area contributed by atoms with Crippen molar-refractivity contribution in [3.8, 4) is 17.2 Å². The largest absolute Gasteiger partial charge is 0.545 e. The summed E-state index contributed by atoms with van der Waals surface area (Å²) in [5.74, 6) is -5.00. The number of rotatable bonds is 8. The van der Waals surface area contributed by atoms with Crippen molar-refractivity contribution in [3.63, 3.8) is 0 Å². The Labute approximate surface area is 202 Å². The number of aromatic carboxylic acids is 1. The number of nitrogens with zero attached hydrogens (tertiary/aromatic N) is 2. The molecule has 2 N–H and O–H groups in total. The molecule has 0 spiro atoms. The first kappa shape index (κ1) is 24.4. The highest BCUT2D eigenvalue weighted by Gasteiger charge is 2.56. The van der Waals surface area contributed by atoms with Crippen molar-refractivity contribution in [2.75, 3.05) is 19.0 Å². The van der Waals surface area contributed by atoms with Gasteiger partial charge in [0.2, 0.25) is 0 Å². The van der Waals surface area contributed by atoms with Gasteiger partial charge in [-0.3, -0.25) is 4.79 Å². The minimum absolute atomic E-state index is 0.157. The summed E-state index contributed by atoms with van der Waals surface area (Å²) in [4.78, 5) is 24.4. The molecule has 3 aromatic rings. The third-order valence-electron chi connectivity index (χ3n) is 5.33. The third kappa shape index (κ3) is 5.36. The third-order valence-corrected chi connectivity index (χ3v) is 5.59. The number of hydrogen-bond donors (Lipinski definition) is 2. The average Bonchev–Trinajstić information content (AvgIpc) is 3.23. The molecule has 1 heterocycles. The molecule has 0 bridgehead atoms. The van der Waals surface area contributed by atoms with E-state index in [0.717, 1.165) is 6.20 Å². The minimum Gasteiger partial charge on any atom is -0.545 e. The highest BCUT2D eigenvalue weighted by molar-refractivity contribution is 6.30. The van der Waals surface area contributed by atoms with Crippen LogP contribution in [0.25, 0.3) is 5.69 Å². The van der Waals surface area contributed by atoms with Crippen LogP contribution >= 0.6 is 11.6 Å². The zero-order valence-electron chi connectivity index (χ0n) is 18.3. The summed E-state index contributed by atoms with van der Waals surface area (Å²) in [6.45, 7) is -0.359. The number of aromatic nitrogens is 2.